The van der Waals surface area contributed by atoms with Crippen molar-refractivity contribution in [2.75, 3.05) is 0 Å². The molecule has 1 N–H and O–H groups in total. The number of aryl methyl sites for hydroxylation is 2. The molecule has 0 radical (unpaired) electrons. The summed E-state index contributed by atoms with van der Waals surface area (Å²) >= 11 is 5.48. The van der Waals surface area contributed by atoms with Crippen LogP contribution in [0.15, 0.2) is 54.6 Å². The van der Waals surface area contributed by atoms with Gasteiger partial charge in [-0.1, -0.05) is 66.3 Å². The molecule has 3 heteroatoms. The fraction of sp³-hybridized carbons (Fsp3) is 0.200. The average molecular weight is 318 g/mol. The lowest BCUT2D eigenvalue weighted by Crippen LogP contribution is -2.35. The molecule has 2 aromatic carbocycles. The quantitative estimate of drug-likeness (QED) is 0.828. The van der Waals surface area contributed by atoms with E-state index in [1.54, 1.807) is 0 Å². The minimum Gasteiger partial charge on any atom is -0.349 e. The molecule has 0 aromatic heterocycles. The van der Waals surface area contributed by atoms with Gasteiger partial charge in [-0.25, -0.2) is 0 Å². The number of nitriles is 1. The molecule has 3 rings (SSSR count). The number of nitrogens with one attached hydrogen (secondary N) is 1. The van der Waals surface area contributed by atoms with Crippen molar-refractivity contribution < 1.29 is 0 Å². The van der Waals surface area contributed by atoms with Crippen molar-refractivity contribution in [3.63, 3.8) is 0 Å². The van der Waals surface area contributed by atoms with E-state index in [0.29, 0.717) is 4.99 Å². The zero-order valence-corrected chi connectivity index (χ0v) is 14.0. The zero-order valence-electron chi connectivity index (χ0n) is 13.2. The van der Waals surface area contributed by atoms with E-state index in [9.17, 15) is 5.26 Å². The second kappa shape index (κ2) is 6.36. The van der Waals surface area contributed by atoms with Gasteiger partial charge in [0.05, 0.1) is 11.1 Å². The third kappa shape index (κ3) is 3.04. The predicted molar refractivity (Wildman–Crippen MR) is 97.9 cm³/mol. The summed E-state index contributed by atoms with van der Waals surface area (Å²) < 4.78 is 0. The maximum atomic E-state index is 9.54. The van der Waals surface area contributed by atoms with E-state index in [1.807, 2.05) is 18.2 Å². The van der Waals surface area contributed by atoms with Crippen LogP contribution in [0.25, 0.3) is 5.70 Å². The Morgan fingerprint density at radius 3 is 2.52 bits per heavy atom. The number of nitrogens with zero attached hydrogens (tertiary/aromatic N) is 1. The molecule has 2 atom stereocenters. The smallest absolute Gasteiger partial charge is 0.107 e. The van der Waals surface area contributed by atoms with Crippen LogP contribution in [-0.2, 0) is 0 Å². The minimum atomic E-state index is -0.332. The van der Waals surface area contributed by atoms with Gasteiger partial charge >= 0.3 is 0 Å². The molecule has 1 aliphatic rings. The van der Waals surface area contributed by atoms with Crippen molar-refractivity contribution >= 4 is 22.9 Å². The normalized spacial score (nSPS) is 20.4. The Morgan fingerprint density at radius 1 is 1.09 bits per heavy atom. The summed E-state index contributed by atoms with van der Waals surface area (Å²) in [6.07, 6.45) is 2.14. The fourth-order valence-corrected chi connectivity index (χ4v) is 3.29. The van der Waals surface area contributed by atoms with Gasteiger partial charge in [0, 0.05) is 17.2 Å². The van der Waals surface area contributed by atoms with Crippen LogP contribution < -0.4 is 5.32 Å². The summed E-state index contributed by atoms with van der Waals surface area (Å²) in [7, 11) is 0. The molecule has 0 amide bonds. The SMILES string of the molecule is Cc1ccc(C)c(C2=C[C@@H](c3ccccc3)[C@H](C#N)C(=S)N2)c1. The maximum Gasteiger partial charge on any atom is 0.107 e. The van der Waals surface area contributed by atoms with Crippen molar-refractivity contribution in [1.29, 1.82) is 5.26 Å². The van der Waals surface area contributed by atoms with Crippen LogP contribution in [0.4, 0.5) is 0 Å². The van der Waals surface area contributed by atoms with Gasteiger partial charge in [-0.15, -0.1) is 0 Å². The molecule has 0 fully saturated rings. The van der Waals surface area contributed by atoms with Crippen molar-refractivity contribution in [3.05, 3.63) is 76.9 Å². The van der Waals surface area contributed by atoms with E-state index >= 15 is 0 Å². The van der Waals surface area contributed by atoms with E-state index in [0.717, 1.165) is 16.8 Å². The first-order valence-electron chi connectivity index (χ1n) is 7.65. The summed E-state index contributed by atoms with van der Waals surface area (Å²) in [5.41, 5.74) is 5.66. The highest BCUT2D eigenvalue weighted by molar-refractivity contribution is 7.80. The molecule has 2 aromatic rings. The molecular formula is C20H18N2S. The van der Waals surface area contributed by atoms with E-state index in [-0.39, 0.29) is 11.8 Å². The van der Waals surface area contributed by atoms with Crippen LogP contribution in [0.5, 0.6) is 0 Å². The number of benzene rings is 2. The molecule has 0 aliphatic carbocycles. The third-order valence-corrected chi connectivity index (χ3v) is 4.61. The summed E-state index contributed by atoms with van der Waals surface area (Å²) in [4.78, 5) is 0.597. The van der Waals surface area contributed by atoms with Crippen LogP contribution >= 0.6 is 12.2 Å². The highest BCUT2D eigenvalue weighted by Crippen LogP contribution is 2.34. The topological polar surface area (TPSA) is 35.8 Å². The predicted octanol–water partition coefficient (Wildman–Crippen LogP) is 4.50. The van der Waals surface area contributed by atoms with Gasteiger partial charge in [0.1, 0.15) is 5.92 Å². The van der Waals surface area contributed by atoms with Crippen molar-refractivity contribution in [2.24, 2.45) is 5.92 Å². The molecular weight excluding hydrogens is 300 g/mol. The maximum absolute atomic E-state index is 9.54. The number of thiocarbonyl (C=S) groups is 1. The molecule has 2 nitrogen and oxygen atoms in total. The van der Waals surface area contributed by atoms with Crippen LogP contribution in [-0.4, -0.2) is 4.99 Å². The lowest BCUT2D eigenvalue weighted by molar-refractivity contribution is 0.733. The van der Waals surface area contributed by atoms with Gasteiger partial charge in [0.25, 0.3) is 0 Å². The molecule has 114 valence electrons. The van der Waals surface area contributed by atoms with E-state index in [1.165, 1.54) is 11.1 Å². The highest BCUT2D eigenvalue weighted by Gasteiger charge is 2.30. The number of hydrogen-bond acceptors (Lipinski definition) is 2. The Labute approximate surface area is 142 Å². The third-order valence-electron chi connectivity index (χ3n) is 4.25. The Hall–Kier alpha value is -2.44. The standard InChI is InChI=1S/C20H18N2S/c1-13-8-9-14(2)16(10-13)19-11-17(15-6-4-3-5-7-15)18(12-21)20(23)22-19/h3-11,17-18H,1-2H3,(H,22,23)/t17-,18-/m0/s1. The molecule has 23 heavy (non-hydrogen) atoms. The van der Waals surface area contributed by atoms with E-state index in [4.69, 9.17) is 12.2 Å². The lowest BCUT2D eigenvalue weighted by atomic mass is 9.82. The van der Waals surface area contributed by atoms with Crippen LogP contribution in [0.1, 0.15) is 28.2 Å². The first-order chi connectivity index (χ1) is 11.1. The van der Waals surface area contributed by atoms with Crippen LogP contribution in [0, 0.1) is 31.1 Å². The van der Waals surface area contributed by atoms with Crippen molar-refractivity contribution in [3.8, 4) is 6.07 Å². The monoisotopic (exact) mass is 318 g/mol. The lowest BCUT2D eigenvalue weighted by Gasteiger charge is -2.29. The molecule has 1 aliphatic heterocycles. The largest absolute Gasteiger partial charge is 0.349 e. The molecule has 0 bridgehead atoms. The van der Waals surface area contributed by atoms with Gasteiger partial charge in [-0.05, 0) is 31.0 Å². The first-order valence-corrected chi connectivity index (χ1v) is 8.06. The summed E-state index contributed by atoms with van der Waals surface area (Å²) in [5, 5.41) is 12.8. The molecule has 0 saturated heterocycles. The molecule has 1 heterocycles. The minimum absolute atomic E-state index is 0.0233. The number of allylic oxidation sites excluding steroid dienone is 1. The van der Waals surface area contributed by atoms with Crippen LogP contribution in [0.2, 0.25) is 0 Å². The van der Waals surface area contributed by atoms with E-state index in [2.05, 4.69) is 61.6 Å². The first kappa shape index (κ1) is 15.5. The van der Waals surface area contributed by atoms with Gasteiger partial charge in [0.15, 0.2) is 0 Å². The summed E-state index contributed by atoms with van der Waals surface area (Å²) in [6, 6.07) is 18.8. The molecule has 0 spiro atoms. The zero-order chi connectivity index (χ0) is 16.4. The van der Waals surface area contributed by atoms with Gasteiger partial charge < -0.3 is 5.32 Å². The summed E-state index contributed by atoms with van der Waals surface area (Å²) in [6.45, 7) is 4.17. The number of rotatable bonds is 2. The van der Waals surface area contributed by atoms with Crippen molar-refractivity contribution in [2.45, 2.75) is 19.8 Å². The second-order valence-corrected chi connectivity index (χ2v) is 6.37. The molecule has 0 unspecified atom stereocenters. The number of hydrogen-bond donors (Lipinski definition) is 1. The summed E-state index contributed by atoms with van der Waals surface area (Å²) in [5.74, 6) is -0.355. The Kier molecular flexibility index (Phi) is 4.27. The van der Waals surface area contributed by atoms with Gasteiger partial charge in [-0.2, -0.15) is 5.26 Å². The average Bonchev–Trinajstić information content (AvgIpc) is 2.57. The fourth-order valence-electron chi connectivity index (χ4n) is 2.98. The molecule has 0 saturated carbocycles. The van der Waals surface area contributed by atoms with Gasteiger partial charge in [-0.3, -0.25) is 0 Å². The van der Waals surface area contributed by atoms with Crippen molar-refractivity contribution in [1.82, 2.24) is 5.32 Å². The Bertz CT molecular complexity index is 815. The second-order valence-electron chi connectivity index (χ2n) is 5.93. The Balaban J connectivity index is 2.11. The van der Waals surface area contributed by atoms with E-state index < -0.39 is 0 Å². The highest BCUT2D eigenvalue weighted by atomic mass is 32.1. The van der Waals surface area contributed by atoms with Crippen LogP contribution in [0.3, 0.4) is 0 Å². The Morgan fingerprint density at radius 2 is 1.83 bits per heavy atom. The van der Waals surface area contributed by atoms with Gasteiger partial charge in [0.2, 0.25) is 0 Å².